The number of unbranched alkanes of at least 4 members (excludes halogenated alkanes) is 1. The van der Waals surface area contributed by atoms with E-state index in [0.29, 0.717) is 13.1 Å². The van der Waals surface area contributed by atoms with E-state index in [0.717, 1.165) is 32.4 Å². The Morgan fingerprint density at radius 2 is 1.75 bits per heavy atom. The fraction of sp³-hybridized carbons (Fsp3) is 0.800. The zero-order valence-corrected chi connectivity index (χ0v) is 9.50. The van der Waals surface area contributed by atoms with Crippen LogP contribution < -0.4 is 16.4 Å². The Balaban J connectivity index is 3.14. The van der Waals surface area contributed by atoms with Crippen molar-refractivity contribution in [2.24, 2.45) is 5.73 Å². The van der Waals surface area contributed by atoms with Gasteiger partial charge in [0.15, 0.2) is 0 Å². The topological polar surface area (TPSA) is 104 Å². The summed E-state index contributed by atoms with van der Waals surface area (Å²) in [6, 6.07) is 0. The number of carboxylic acid groups (broad SMARTS) is 1. The number of rotatable bonds is 10. The lowest BCUT2D eigenvalue weighted by Gasteiger charge is -2.05. The van der Waals surface area contributed by atoms with Gasteiger partial charge in [0.05, 0.1) is 0 Å². The second-order valence-corrected chi connectivity index (χ2v) is 3.52. The summed E-state index contributed by atoms with van der Waals surface area (Å²) in [5.41, 5.74) is 5.34. The minimum absolute atomic E-state index is 0.435. The van der Waals surface area contributed by atoms with Gasteiger partial charge in [0.1, 0.15) is 6.42 Å². The minimum Gasteiger partial charge on any atom is -0.481 e. The van der Waals surface area contributed by atoms with Crippen molar-refractivity contribution >= 4 is 11.9 Å². The molecule has 0 fully saturated rings. The Labute approximate surface area is 95.6 Å². The average molecular weight is 231 g/mol. The Morgan fingerprint density at radius 3 is 2.38 bits per heavy atom. The molecule has 0 radical (unpaired) electrons. The normalized spacial score (nSPS) is 10.1. The van der Waals surface area contributed by atoms with Gasteiger partial charge < -0.3 is 21.5 Å². The second kappa shape index (κ2) is 10.4. The van der Waals surface area contributed by atoms with Crippen LogP contribution in [0.2, 0.25) is 0 Å². The molecule has 0 heterocycles. The molecule has 0 unspecified atom stereocenters. The lowest BCUT2D eigenvalue weighted by atomic mass is 10.3. The highest BCUT2D eigenvalue weighted by Gasteiger charge is 2.05. The fourth-order valence-corrected chi connectivity index (χ4v) is 1.16. The molecule has 0 spiro atoms. The zero-order valence-electron chi connectivity index (χ0n) is 9.50. The number of carboxylic acids is 1. The Bertz CT molecular complexity index is 209. The summed E-state index contributed by atoms with van der Waals surface area (Å²) in [5, 5.41) is 14.1. The molecule has 1 amide bonds. The Hall–Kier alpha value is -1.14. The number of hydrogen-bond donors (Lipinski definition) is 4. The highest BCUT2D eigenvalue weighted by molar-refractivity contribution is 5.93. The van der Waals surface area contributed by atoms with E-state index in [2.05, 4.69) is 10.6 Å². The summed E-state index contributed by atoms with van der Waals surface area (Å²) < 4.78 is 0. The van der Waals surface area contributed by atoms with Crippen molar-refractivity contribution in [2.75, 3.05) is 26.2 Å². The average Bonchev–Trinajstić information content (AvgIpc) is 2.21. The number of amides is 1. The van der Waals surface area contributed by atoms with Crippen LogP contribution in [-0.2, 0) is 9.59 Å². The van der Waals surface area contributed by atoms with E-state index in [4.69, 9.17) is 10.8 Å². The SMILES string of the molecule is NCCCCNCCCNC(=O)CC(=O)O. The number of carbonyl (C=O) groups is 2. The molecule has 0 atom stereocenters. The molecule has 0 aromatic rings. The standard InChI is InChI=1S/C10H21N3O3/c11-4-1-2-5-12-6-3-7-13-9(14)8-10(15)16/h12H,1-8,11H2,(H,13,14)(H,15,16). The first-order valence-electron chi connectivity index (χ1n) is 5.56. The monoisotopic (exact) mass is 231 g/mol. The van der Waals surface area contributed by atoms with Gasteiger partial charge in [0.25, 0.3) is 0 Å². The Kier molecular flexibility index (Phi) is 9.64. The van der Waals surface area contributed by atoms with Crippen molar-refractivity contribution in [1.29, 1.82) is 0 Å². The maximum absolute atomic E-state index is 10.9. The number of nitrogens with one attached hydrogen (secondary N) is 2. The quantitative estimate of drug-likeness (QED) is 0.294. The van der Waals surface area contributed by atoms with Crippen molar-refractivity contribution < 1.29 is 14.7 Å². The summed E-state index contributed by atoms with van der Waals surface area (Å²) in [5.74, 6) is -1.53. The van der Waals surface area contributed by atoms with E-state index < -0.39 is 18.3 Å². The van der Waals surface area contributed by atoms with Crippen molar-refractivity contribution in [1.82, 2.24) is 10.6 Å². The largest absolute Gasteiger partial charge is 0.481 e. The summed E-state index contributed by atoms with van der Waals surface area (Å²) in [6.07, 6.45) is 2.42. The van der Waals surface area contributed by atoms with Gasteiger partial charge in [-0.15, -0.1) is 0 Å². The molecule has 0 bridgehead atoms. The Morgan fingerprint density at radius 1 is 1.06 bits per heavy atom. The molecule has 0 aromatic carbocycles. The van der Waals surface area contributed by atoms with Crippen LogP contribution in [0, 0.1) is 0 Å². The number of hydrogen-bond acceptors (Lipinski definition) is 4. The first kappa shape index (κ1) is 14.9. The van der Waals surface area contributed by atoms with Crippen LogP contribution in [0.15, 0.2) is 0 Å². The molecule has 0 saturated heterocycles. The molecule has 16 heavy (non-hydrogen) atoms. The van der Waals surface area contributed by atoms with Crippen molar-refractivity contribution in [2.45, 2.75) is 25.7 Å². The third-order valence-corrected chi connectivity index (χ3v) is 1.97. The van der Waals surface area contributed by atoms with Gasteiger partial charge in [-0.1, -0.05) is 0 Å². The van der Waals surface area contributed by atoms with Gasteiger partial charge in [-0.3, -0.25) is 9.59 Å². The summed E-state index contributed by atoms with van der Waals surface area (Å²) in [7, 11) is 0. The van der Waals surface area contributed by atoms with Crippen LogP contribution in [0.5, 0.6) is 0 Å². The summed E-state index contributed by atoms with van der Waals surface area (Å²) >= 11 is 0. The first-order chi connectivity index (χ1) is 7.66. The molecule has 0 saturated carbocycles. The van der Waals surface area contributed by atoms with E-state index in [9.17, 15) is 9.59 Å². The lowest BCUT2D eigenvalue weighted by molar-refractivity contribution is -0.140. The molecule has 94 valence electrons. The molecule has 6 nitrogen and oxygen atoms in total. The van der Waals surface area contributed by atoms with Crippen LogP contribution >= 0.6 is 0 Å². The molecule has 0 aromatic heterocycles. The molecule has 5 N–H and O–H groups in total. The zero-order chi connectivity index (χ0) is 12.2. The molecule has 6 heteroatoms. The van der Waals surface area contributed by atoms with Crippen molar-refractivity contribution in [3.05, 3.63) is 0 Å². The highest BCUT2D eigenvalue weighted by atomic mass is 16.4. The van der Waals surface area contributed by atoms with Gasteiger partial charge in [0.2, 0.25) is 5.91 Å². The number of carbonyl (C=O) groups excluding carboxylic acids is 1. The van der Waals surface area contributed by atoms with E-state index in [1.165, 1.54) is 0 Å². The van der Waals surface area contributed by atoms with Gasteiger partial charge in [0, 0.05) is 6.54 Å². The molecular weight excluding hydrogens is 210 g/mol. The lowest BCUT2D eigenvalue weighted by Crippen LogP contribution is -2.29. The maximum atomic E-state index is 10.9. The third-order valence-electron chi connectivity index (χ3n) is 1.97. The van der Waals surface area contributed by atoms with Gasteiger partial charge >= 0.3 is 5.97 Å². The molecule has 0 aliphatic carbocycles. The van der Waals surface area contributed by atoms with Crippen LogP contribution in [0.1, 0.15) is 25.7 Å². The summed E-state index contributed by atoms with van der Waals surface area (Å²) in [6.45, 7) is 2.97. The van der Waals surface area contributed by atoms with E-state index in [-0.39, 0.29) is 0 Å². The number of nitrogens with two attached hydrogens (primary N) is 1. The van der Waals surface area contributed by atoms with E-state index in [1.807, 2.05) is 0 Å². The molecule has 0 aliphatic rings. The minimum atomic E-state index is -1.10. The first-order valence-corrected chi connectivity index (χ1v) is 5.56. The molecule has 0 aliphatic heterocycles. The third kappa shape index (κ3) is 10.9. The second-order valence-electron chi connectivity index (χ2n) is 3.52. The highest BCUT2D eigenvalue weighted by Crippen LogP contribution is 1.83. The predicted octanol–water partition coefficient (Wildman–Crippen LogP) is -0.704. The van der Waals surface area contributed by atoms with E-state index >= 15 is 0 Å². The van der Waals surface area contributed by atoms with Crippen LogP contribution in [-0.4, -0.2) is 43.2 Å². The predicted molar refractivity (Wildman–Crippen MR) is 61.0 cm³/mol. The van der Waals surface area contributed by atoms with Crippen molar-refractivity contribution in [3.63, 3.8) is 0 Å². The van der Waals surface area contributed by atoms with Crippen LogP contribution in [0.25, 0.3) is 0 Å². The van der Waals surface area contributed by atoms with E-state index in [1.54, 1.807) is 0 Å². The fourth-order valence-electron chi connectivity index (χ4n) is 1.16. The van der Waals surface area contributed by atoms with Crippen LogP contribution in [0.4, 0.5) is 0 Å². The van der Waals surface area contributed by atoms with Gasteiger partial charge in [-0.05, 0) is 38.9 Å². The van der Waals surface area contributed by atoms with Crippen molar-refractivity contribution in [3.8, 4) is 0 Å². The maximum Gasteiger partial charge on any atom is 0.312 e. The van der Waals surface area contributed by atoms with Gasteiger partial charge in [-0.25, -0.2) is 0 Å². The number of aliphatic carboxylic acids is 1. The molecule has 0 rings (SSSR count). The van der Waals surface area contributed by atoms with Gasteiger partial charge in [-0.2, -0.15) is 0 Å². The summed E-state index contributed by atoms with van der Waals surface area (Å²) in [4.78, 5) is 21.1. The molecular formula is C10H21N3O3. The van der Waals surface area contributed by atoms with Crippen LogP contribution in [0.3, 0.4) is 0 Å². The smallest absolute Gasteiger partial charge is 0.312 e.